The molecule has 3 aromatic heterocycles. The van der Waals surface area contributed by atoms with Crippen molar-refractivity contribution in [1.29, 1.82) is 0 Å². The zero-order valence-electron chi connectivity index (χ0n) is 12.6. The minimum atomic E-state index is 0. The summed E-state index contributed by atoms with van der Waals surface area (Å²) in [6.07, 6.45) is 6.28. The third-order valence-corrected chi connectivity index (χ3v) is 4.97. The first-order valence-electron chi connectivity index (χ1n) is 7.52. The second-order valence-corrected chi connectivity index (χ2v) is 6.87. The molecule has 0 aromatic carbocycles. The van der Waals surface area contributed by atoms with Gasteiger partial charge in [-0.3, -0.25) is 9.30 Å². The predicted octanol–water partition coefficient (Wildman–Crippen LogP) is 2.57. The number of hydrogen-bond acceptors (Lipinski definition) is 6. The van der Waals surface area contributed by atoms with Crippen molar-refractivity contribution in [3.05, 3.63) is 41.3 Å². The van der Waals surface area contributed by atoms with Crippen molar-refractivity contribution in [2.24, 2.45) is 0 Å². The highest BCUT2D eigenvalue weighted by Gasteiger charge is 2.25. The molecule has 0 amide bonds. The Morgan fingerprint density at radius 2 is 2.22 bits per heavy atom. The van der Waals surface area contributed by atoms with E-state index in [2.05, 4.69) is 24.5 Å². The average molecular weight is 351 g/mol. The van der Waals surface area contributed by atoms with Gasteiger partial charge in [-0.05, 0) is 31.5 Å². The Morgan fingerprint density at radius 3 is 3.04 bits per heavy atom. The molecule has 1 fully saturated rings. The maximum atomic E-state index is 5.72. The number of anilines is 1. The van der Waals surface area contributed by atoms with E-state index in [0.29, 0.717) is 11.0 Å². The van der Waals surface area contributed by atoms with Crippen molar-refractivity contribution >= 4 is 34.5 Å². The topological polar surface area (TPSA) is 72.3 Å². The molecule has 1 aliphatic heterocycles. The molecule has 8 heteroatoms. The molecular formula is C15H19ClN6S. The van der Waals surface area contributed by atoms with Gasteiger partial charge in [0.1, 0.15) is 5.82 Å². The summed E-state index contributed by atoms with van der Waals surface area (Å²) in [7, 11) is 0. The van der Waals surface area contributed by atoms with E-state index in [1.807, 2.05) is 30.6 Å². The number of likely N-dealkylation sites (tertiary alicyclic amines) is 1. The molecule has 4 heterocycles. The minimum Gasteiger partial charge on any atom is -0.375 e. The summed E-state index contributed by atoms with van der Waals surface area (Å²) in [4.78, 5) is 7.82. The lowest BCUT2D eigenvalue weighted by Gasteiger charge is -2.31. The highest BCUT2D eigenvalue weighted by Crippen LogP contribution is 2.28. The van der Waals surface area contributed by atoms with E-state index in [-0.39, 0.29) is 12.4 Å². The second kappa shape index (κ2) is 6.82. The molecule has 6 nitrogen and oxygen atoms in total. The first-order chi connectivity index (χ1) is 10.8. The Bertz CT molecular complexity index is 785. The molecule has 0 aliphatic carbocycles. The second-order valence-electron chi connectivity index (χ2n) is 5.73. The Kier molecular flexibility index (Phi) is 4.79. The molecule has 23 heavy (non-hydrogen) atoms. The van der Waals surface area contributed by atoms with Crippen molar-refractivity contribution in [3.8, 4) is 0 Å². The number of aromatic nitrogens is 4. The van der Waals surface area contributed by atoms with Gasteiger partial charge in [0.05, 0.1) is 0 Å². The van der Waals surface area contributed by atoms with Gasteiger partial charge in [0.2, 0.25) is 0 Å². The van der Waals surface area contributed by atoms with Crippen LogP contribution < -0.4 is 5.73 Å². The molecule has 0 bridgehead atoms. The number of piperidine rings is 1. The number of thiazole rings is 1. The van der Waals surface area contributed by atoms with Gasteiger partial charge in [0.25, 0.3) is 0 Å². The molecule has 4 rings (SSSR count). The van der Waals surface area contributed by atoms with Crippen molar-refractivity contribution in [2.45, 2.75) is 25.3 Å². The van der Waals surface area contributed by atoms with Crippen LogP contribution in [0.3, 0.4) is 0 Å². The summed E-state index contributed by atoms with van der Waals surface area (Å²) in [5.74, 6) is 1.50. The normalized spacial score (nSPS) is 18.9. The maximum Gasteiger partial charge on any atom is 0.180 e. The van der Waals surface area contributed by atoms with Gasteiger partial charge in [-0.15, -0.1) is 33.9 Å². The van der Waals surface area contributed by atoms with Gasteiger partial charge < -0.3 is 5.73 Å². The Hall–Kier alpha value is -1.70. The van der Waals surface area contributed by atoms with Crippen LogP contribution in [0.25, 0.3) is 5.65 Å². The van der Waals surface area contributed by atoms with Crippen molar-refractivity contribution in [2.75, 3.05) is 18.8 Å². The lowest BCUT2D eigenvalue weighted by Crippen LogP contribution is -2.34. The van der Waals surface area contributed by atoms with Gasteiger partial charge >= 0.3 is 0 Å². The van der Waals surface area contributed by atoms with E-state index in [1.165, 1.54) is 11.3 Å². The van der Waals surface area contributed by atoms with Crippen LogP contribution in [0.5, 0.6) is 0 Å². The zero-order chi connectivity index (χ0) is 14.9. The molecule has 1 atom stereocenters. The number of nitrogens with two attached hydrogens (primary N) is 1. The third-order valence-electron chi connectivity index (χ3n) is 4.16. The van der Waals surface area contributed by atoms with Gasteiger partial charge in [-0.2, -0.15) is 0 Å². The van der Waals surface area contributed by atoms with Crippen LogP contribution in [0.15, 0.2) is 30.6 Å². The number of pyridine rings is 1. The number of rotatable bonds is 3. The van der Waals surface area contributed by atoms with E-state index in [0.717, 1.165) is 37.5 Å². The van der Waals surface area contributed by atoms with E-state index in [9.17, 15) is 0 Å². The smallest absolute Gasteiger partial charge is 0.180 e. The SMILES string of the molecule is Cl.Nc1ncc(CN2CCCC(c3nnc4ccccn34)C2)s1. The Morgan fingerprint density at radius 1 is 1.30 bits per heavy atom. The summed E-state index contributed by atoms with van der Waals surface area (Å²) < 4.78 is 2.11. The Balaban J connectivity index is 0.00000156. The summed E-state index contributed by atoms with van der Waals surface area (Å²) >= 11 is 1.57. The summed E-state index contributed by atoms with van der Waals surface area (Å²) in [6.45, 7) is 3.04. The number of halogens is 1. The van der Waals surface area contributed by atoms with Crippen LogP contribution in [0, 0.1) is 0 Å². The number of nitrogen functional groups attached to an aromatic ring is 1. The molecule has 0 radical (unpaired) electrons. The minimum absolute atomic E-state index is 0. The number of fused-ring (bicyclic) bond motifs is 1. The average Bonchev–Trinajstić information content (AvgIpc) is 3.14. The quantitative estimate of drug-likeness (QED) is 0.786. The van der Waals surface area contributed by atoms with Crippen LogP contribution in [0.4, 0.5) is 5.13 Å². The molecular weight excluding hydrogens is 332 g/mol. The van der Waals surface area contributed by atoms with Crippen molar-refractivity contribution in [1.82, 2.24) is 24.5 Å². The third kappa shape index (κ3) is 3.31. The predicted molar refractivity (Wildman–Crippen MR) is 94.0 cm³/mol. The van der Waals surface area contributed by atoms with Crippen molar-refractivity contribution < 1.29 is 0 Å². The highest BCUT2D eigenvalue weighted by molar-refractivity contribution is 7.15. The molecule has 2 N–H and O–H groups in total. The van der Waals surface area contributed by atoms with E-state index in [1.54, 1.807) is 11.3 Å². The van der Waals surface area contributed by atoms with Gasteiger partial charge in [-0.1, -0.05) is 6.07 Å². The van der Waals surface area contributed by atoms with Crippen LogP contribution in [-0.2, 0) is 6.54 Å². The molecule has 1 saturated heterocycles. The summed E-state index contributed by atoms with van der Waals surface area (Å²) in [5.41, 5.74) is 6.64. The molecule has 3 aromatic rings. The zero-order valence-corrected chi connectivity index (χ0v) is 14.3. The largest absolute Gasteiger partial charge is 0.375 e. The Labute approximate surface area is 144 Å². The van der Waals surface area contributed by atoms with Gasteiger partial charge in [-0.25, -0.2) is 4.98 Å². The first kappa shape index (κ1) is 16.2. The van der Waals surface area contributed by atoms with Crippen molar-refractivity contribution in [3.63, 3.8) is 0 Å². The number of nitrogens with zero attached hydrogens (tertiary/aromatic N) is 5. The first-order valence-corrected chi connectivity index (χ1v) is 8.33. The standard InChI is InChI=1S/C15H18N6S.ClH/c16-15-17-8-12(22-15)10-20-6-3-4-11(9-20)14-19-18-13-5-1-2-7-21(13)14;/h1-2,5,7-8,11H,3-4,6,9-10H2,(H2,16,17);1H. The lowest BCUT2D eigenvalue weighted by atomic mass is 9.97. The van der Waals surface area contributed by atoms with Gasteiger partial charge in [0, 0.05) is 36.3 Å². The monoisotopic (exact) mass is 350 g/mol. The maximum absolute atomic E-state index is 5.72. The van der Waals surface area contributed by atoms with Crippen LogP contribution in [0.2, 0.25) is 0 Å². The highest BCUT2D eigenvalue weighted by atomic mass is 35.5. The van der Waals surface area contributed by atoms with Crippen LogP contribution in [-0.4, -0.2) is 37.6 Å². The molecule has 1 unspecified atom stereocenters. The van der Waals surface area contributed by atoms with Crippen LogP contribution >= 0.6 is 23.7 Å². The number of hydrogen-bond donors (Lipinski definition) is 1. The molecule has 122 valence electrons. The lowest BCUT2D eigenvalue weighted by molar-refractivity contribution is 0.197. The van der Waals surface area contributed by atoms with Crippen LogP contribution in [0.1, 0.15) is 29.5 Å². The van der Waals surface area contributed by atoms with Gasteiger partial charge in [0.15, 0.2) is 10.8 Å². The summed E-state index contributed by atoms with van der Waals surface area (Å²) in [5, 5.41) is 9.34. The fraction of sp³-hybridized carbons (Fsp3) is 0.400. The molecule has 0 saturated carbocycles. The van der Waals surface area contributed by atoms with E-state index < -0.39 is 0 Å². The van der Waals surface area contributed by atoms with E-state index in [4.69, 9.17) is 5.73 Å². The summed E-state index contributed by atoms with van der Waals surface area (Å²) in [6, 6.07) is 6.02. The molecule has 0 spiro atoms. The molecule has 1 aliphatic rings. The fourth-order valence-electron chi connectivity index (χ4n) is 3.16. The van der Waals surface area contributed by atoms with E-state index >= 15 is 0 Å². The fourth-order valence-corrected chi connectivity index (χ4v) is 3.89.